The topological polar surface area (TPSA) is 55.8 Å². The van der Waals surface area contributed by atoms with Gasteiger partial charge in [0.05, 0.1) is 25.2 Å². The standard InChI is InChI=1S/C16H23NO4/c1-3-5-8-17-10-16-7-6-11(21-16)12(13(16)14(17)18)15(19)20-9-4-2/h6-7,11-13H,3-5,8-10H2,1-2H3. The molecule has 3 aliphatic rings. The second kappa shape index (κ2) is 5.44. The minimum atomic E-state index is -0.592. The first-order valence-electron chi connectivity index (χ1n) is 7.95. The number of ether oxygens (including phenoxy) is 2. The van der Waals surface area contributed by atoms with Gasteiger partial charge >= 0.3 is 5.97 Å². The Kier molecular flexibility index (Phi) is 3.78. The lowest BCUT2D eigenvalue weighted by molar-refractivity contribution is -0.153. The Labute approximate surface area is 125 Å². The maximum Gasteiger partial charge on any atom is 0.312 e. The summed E-state index contributed by atoms with van der Waals surface area (Å²) in [6, 6.07) is 0. The Hall–Kier alpha value is -1.36. The van der Waals surface area contributed by atoms with Gasteiger partial charge in [-0.15, -0.1) is 0 Å². The molecule has 0 radical (unpaired) electrons. The lowest BCUT2D eigenvalue weighted by Crippen LogP contribution is -2.40. The van der Waals surface area contributed by atoms with Crippen molar-refractivity contribution in [2.24, 2.45) is 11.8 Å². The van der Waals surface area contributed by atoms with Crippen LogP contribution in [0.2, 0.25) is 0 Å². The molecule has 1 amide bonds. The number of esters is 1. The molecule has 0 saturated carbocycles. The summed E-state index contributed by atoms with van der Waals surface area (Å²) >= 11 is 0. The van der Waals surface area contributed by atoms with Gasteiger partial charge in [-0.1, -0.05) is 32.4 Å². The minimum absolute atomic E-state index is 0.0498. The zero-order valence-electron chi connectivity index (χ0n) is 12.7. The van der Waals surface area contributed by atoms with Crippen LogP contribution >= 0.6 is 0 Å². The number of likely N-dealkylation sites (tertiary alicyclic amines) is 1. The van der Waals surface area contributed by atoms with Crippen LogP contribution in [0, 0.1) is 11.8 Å². The number of carbonyl (C=O) groups excluding carboxylic acids is 2. The van der Waals surface area contributed by atoms with Crippen LogP contribution in [-0.4, -0.2) is 48.2 Å². The Bertz CT molecular complexity index is 475. The number of hydrogen-bond acceptors (Lipinski definition) is 4. The van der Waals surface area contributed by atoms with E-state index in [4.69, 9.17) is 9.47 Å². The number of carbonyl (C=O) groups is 2. The Morgan fingerprint density at radius 2 is 2.29 bits per heavy atom. The fraction of sp³-hybridized carbons (Fsp3) is 0.750. The lowest BCUT2D eigenvalue weighted by Gasteiger charge is -2.22. The molecule has 1 spiro atoms. The van der Waals surface area contributed by atoms with Crippen LogP contribution in [0.1, 0.15) is 33.1 Å². The summed E-state index contributed by atoms with van der Waals surface area (Å²) in [7, 11) is 0. The number of rotatable bonds is 6. The summed E-state index contributed by atoms with van der Waals surface area (Å²) in [6.45, 7) is 5.78. The van der Waals surface area contributed by atoms with Gasteiger partial charge in [0, 0.05) is 6.54 Å². The normalized spacial score (nSPS) is 36.4. The third-order valence-corrected chi connectivity index (χ3v) is 4.68. The molecule has 3 aliphatic heterocycles. The van der Waals surface area contributed by atoms with E-state index in [1.165, 1.54) is 0 Å². The van der Waals surface area contributed by atoms with Crippen molar-refractivity contribution in [1.29, 1.82) is 0 Å². The van der Waals surface area contributed by atoms with E-state index in [0.717, 1.165) is 25.8 Å². The van der Waals surface area contributed by atoms with Gasteiger partial charge in [0.2, 0.25) is 5.91 Å². The molecule has 116 valence electrons. The highest BCUT2D eigenvalue weighted by molar-refractivity contribution is 5.91. The summed E-state index contributed by atoms with van der Waals surface area (Å²) in [5.41, 5.74) is -0.592. The molecule has 4 atom stereocenters. The average molecular weight is 293 g/mol. The highest BCUT2D eigenvalue weighted by Crippen LogP contribution is 2.52. The molecule has 0 aromatic carbocycles. The van der Waals surface area contributed by atoms with Crippen molar-refractivity contribution >= 4 is 11.9 Å². The van der Waals surface area contributed by atoms with E-state index >= 15 is 0 Å². The van der Waals surface area contributed by atoms with Gasteiger partial charge < -0.3 is 14.4 Å². The van der Waals surface area contributed by atoms with Gasteiger partial charge in [-0.25, -0.2) is 0 Å². The van der Waals surface area contributed by atoms with E-state index in [9.17, 15) is 9.59 Å². The Morgan fingerprint density at radius 1 is 1.48 bits per heavy atom. The van der Waals surface area contributed by atoms with Crippen LogP contribution in [0.5, 0.6) is 0 Å². The monoisotopic (exact) mass is 293 g/mol. The van der Waals surface area contributed by atoms with Crippen molar-refractivity contribution < 1.29 is 19.1 Å². The molecule has 2 bridgehead atoms. The van der Waals surface area contributed by atoms with Crippen LogP contribution in [0.25, 0.3) is 0 Å². The van der Waals surface area contributed by atoms with Gasteiger partial charge in [0.1, 0.15) is 11.5 Å². The third-order valence-electron chi connectivity index (χ3n) is 4.68. The molecular weight excluding hydrogens is 270 g/mol. The van der Waals surface area contributed by atoms with Crippen LogP contribution in [-0.2, 0) is 19.1 Å². The predicted octanol–water partition coefficient (Wildman–Crippen LogP) is 1.52. The maximum absolute atomic E-state index is 12.7. The molecule has 0 aliphatic carbocycles. The predicted molar refractivity (Wildman–Crippen MR) is 76.5 cm³/mol. The van der Waals surface area contributed by atoms with E-state index in [2.05, 4.69) is 6.92 Å². The lowest BCUT2D eigenvalue weighted by atomic mass is 9.77. The van der Waals surface area contributed by atoms with Crippen molar-refractivity contribution in [3.8, 4) is 0 Å². The Morgan fingerprint density at radius 3 is 3.00 bits per heavy atom. The van der Waals surface area contributed by atoms with Crippen molar-refractivity contribution in [2.45, 2.75) is 44.8 Å². The van der Waals surface area contributed by atoms with Gasteiger partial charge in [-0.3, -0.25) is 9.59 Å². The quantitative estimate of drug-likeness (QED) is 0.550. The molecule has 0 N–H and O–H groups in total. The number of nitrogens with zero attached hydrogens (tertiary/aromatic N) is 1. The van der Waals surface area contributed by atoms with E-state index in [1.54, 1.807) is 0 Å². The molecule has 3 rings (SSSR count). The zero-order chi connectivity index (χ0) is 15.0. The molecule has 4 unspecified atom stereocenters. The van der Waals surface area contributed by atoms with Gasteiger partial charge in [0.25, 0.3) is 0 Å². The molecule has 21 heavy (non-hydrogen) atoms. The molecule has 0 aromatic heterocycles. The fourth-order valence-electron chi connectivity index (χ4n) is 3.68. The van der Waals surface area contributed by atoms with E-state index < -0.39 is 17.4 Å². The first kappa shape index (κ1) is 14.6. The molecule has 3 heterocycles. The summed E-state index contributed by atoms with van der Waals surface area (Å²) < 4.78 is 11.3. The first-order valence-corrected chi connectivity index (χ1v) is 7.95. The molecule has 0 aromatic rings. The largest absolute Gasteiger partial charge is 0.465 e. The summed E-state index contributed by atoms with van der Waals surface area (Å²) in [5.74, 6) is -1.10. The van der Waals surface area contributed by atoms with Crippen LogP contribution < -0.4 is 0 Å². The third kappa shape index (κ3) is 2.18. The smallest absolute Gasteiger partial charge is 0.312 e. The van der Waals surface area contributed by atoms with Gasteiger partial charge in [-0.05, 0) is 12.8 Å². The Balaban J connectivity index is 1.78. The van der Waals surface area contributed by atoms with Gasteiger partial charge in [0.15, 0.2) is 0 Å². The van der Waals surface area contributed by atoms with Crippen LogP contribution in [0.15, 0.2) is 12.2 Å². The summed E-state index contributed by atoms with van der Waals surface area (Å²) in [6.07, 6.45) is 6.42. The highest BCUT2D eigenvalue weighted by atomic mass is 16.6. The van der Waals surface area contributed by atoms with Gasteiger partial charge in [-0.2, -0.15) is 0 Å². The molecule has 2 saturated heterocycles. The average Bonchev–Trinajstić information content (AvgIpc) is 3.11. The molecular formula is C16H23NO4. The van der Waals surface area contributed by atoms with Crippen molar-refractivity contribution in [3.05, 3.63) is 12.2 Å². The zero-order valence-corrected chi connectivity index (χ0v) is 12.7. The van der Waals surface area contributed by atoms with Crippen molar-refractivity contribution in [3.63, 3.8) is 0 Å². The van der Waals surface area contributed by atoms with E-state index in [1.807, 2.05) is 24.0 Å². The van der Waals surface area contributed by atoms with Crippen LogP contribution in [0.4, 0.5) is 0 Å². The minimum Gasteiger partial charge on any atom is -0.465 e. The number of unbranched alkanes of at least 4 members (excludes halogenated alkanes) is 1. The second-order valence-corrected chi connectivity index (χ2v) is 6.18. The summed E-state index contributed by atoms with van der Waals surface area (Å²) in [4.78, 5) is 26.8. The molecule has 5 heteroatoms. The van der Waals surface area contributed by atoms with Crippen LogP contribution in [0.3, 0.4) is 0 Å². The first-order chi connectivity index (χ1) is 10.1. The number of amides is 1. The molecule has 2 fully saturated rings. The summed E-state index contributed by atoms with van der Waals surface area (Å²) in [5, 5.41) is 0. The maximum atomic E-state index is 12.7. The number of fused-ring (bicyclic) bond motifs is 1. The van der Waals surface area contributed by atoms with E-state index in [0.29, 0.717) is 13.2 Å². The van der Waals surface area contributed by atoms with Crippen molar-refractivity contribution in [1.82, 2.24) is 4.90 Å². The fourth-order valence-corrected chi connectivity index (χ4v) is 3.68. The number of hydrogen-bond donors (Lipinski definition) is 0. The SMILES string of the molecule is CCCCN1CC23C=CC(O2)C(C(=O)OCCC)C3C1=O. The van der Waals surface area contributed by atoms with E-state index in [-0.39, 0.29) is 18.0 Å². The highest BCUT2D eigenvalue weighted by Gasteiger charge is 2.67. The van der Waals surface area contributed by atoms with Crippen molar-refractivity contribution in [2.75, 3.05) is 19.7 Å². The second-order valence-electron chi connectivity index (χ2n) is 6.18. The molecule has 5 nitrogen and oxygen atoms in total.